The van der Waals surface area contributed by atoms with Gasteiger partial charge in [0.15, 0.2) is 0 Å². The van der Waals surface area contributed by atoms with E-state index < -0.39 is 28.6 Å². The number of hydrogen-bond acceptors (Lipinski definition) is 7. The molecule has 0 saturated heterocycles. The summed E-state index contributed by atoms with van der Waals surface area (Å²) < 4.78 is 9.79. The molecule has 0 spiro atoms. The Morgan fingerprint density at radius 3 is 2.39 bits per heavy atom. The zero-order chi connectivity index (χ0) is 20.7. The Bertz CT molecular complexity index is 832. The normalized spacial score (nSPS) is 13.1. The van der Waals surface area contributed by atoms with Gasteiger partial charge in [-0.15, -0.1) is 0 Å². The highest BCUT2D eigenvalue weighted by Crippen LogP contribution is 2.26. The molecular formula is C18H21N3O7. The Balaban J connectivity index is 2.16. The molecule has 0 aliphatic heterocycles. The lowest BCUT2D eigenvalue weighted by Gasteiger charge is -2.11. The molecule has 1 aromatic rings. The number of carbonyl (C=O) groups excluding carboxylic acids is 3. The van der Waals surface area contributed by atoms with Gasteiger partial charge in [0.05, 0.1) is 23.7 Å². The molecule has 0 atom stereocenters. The van der Waals surface area contributed by atoms with E-state index in [0.717, 1.165) is 6.07 Å². The molecule has 1 aliphatic rings. The van der Waals surface area contributed by atoms with Gasteiger partial charge in [0, 0.05) is 17.5 Å². The summed E-state index contributed by atoms with van der Waals surface area (Å²) in [6.07, 6.45) is 1.75. The predicted octanol–water partition coefficient (Wildman–Crippen LogP) is 2.89. The number of carbonyl (C=O) groups is 3. The van der Waals surface area contributed by atoms with Crippen LogP contribution in [0.1, 0.15) is 43.5 Å². The van der Waals surface area contributed by atoms with Crippen LogP contribution in [-0.4, -0.2) is 36.1 Å². The first-order valence-corrected chi connectivity index (χ1v) is 8.80. The summed E-state index contributed by atoms with van der Waals surface area (Å²) >= 11 is 0. The van der Waals surface area contributed by atoms with Crippen LogP contribution in [0.2, 0.25) is 0 Å². The summed E-state index contributed by atoms with van der Waals surface area (Å²) in [6.45, 7) is 3.57. The number of nitro groups is 1. The second-order valence-electron chi connectivity index (χ2n) is 5.82. The molecule has 0 radical (unpaired) electrons. The van der Waals surface area contributed by atoms with Gasteiger partial charge in [0.1, 0.15) is 5.56 Å². The first-order valence-electron chi connectivity index (χ1n) is 8.80. The van der Waals surface area contributed by atoms with Gasteiger partial charge in [0.2, 0.25) is 0 Å². The number of anilines is 1. The number of nitrogens with zero attached hydrogens (tertiary/aromatic N) is 1. The molecule has 0 bridgehead atoms. The Kier molecular flexibility index (Phi) is 7.08. The second kappa shape index (κ2) is 9.49. The molecule has 2 rings (SSSR count). The maximum absolute atomic E-state index is 12.3. The molecule has 0 aromatic heterocycles. The van der Waals surface area contributed by atoms with Crippen molar-refractivity contribution >= 4 is 29.3 Å². The van der Waals surface area contributed by atoms with Crippen molar-refractivity contribution in [3.05, 3.63) is 45.1 Å². The van der Waals surface area contributed by atoms with Crippen molar-refractivity contribution in [2.75, 3.05) is 18.5 Å². The Morgan fingerprint density at radius 1 is 1.07 bits per heavy atom. The van der Waals surface area contributed by atoms with Gasteiger partial charge in [0.25, 0.3) is 5.69 Å². The molecular weight excluding hydrogens is 370 g/mol. The van der Waals surface area contributed by atoms with Crippen LogP contribution >= 0.6 is 0 Å². The number of nitrogens with one attached hydrogen (secondary N) is 2. The minimum absolute atomic E-state index is 0.0545. The van der Waals surface area contributed by atoms with E-state index in [9.17, 15) is 24.5 Å². The van der Waals surface area contributed by atoms with E-state index >= 15 is 0 Å². The van der Waals surface area contributed by atoms with E-state index in [1.807, 2.05) is 0 Å². The number of nitro benzene ring substituents is 1. The lowest BCUT2D eigenvalue weighted by atomic mass is 10.1. The van der Waals surface area contributed by atoms with Gasteiger partial charge in [-0.1, -0.05) is 0 Å². The summed E-state index contributed by atoms with van der Waals surface area (Å²) in [5.41, 5.74) is 0.378. The lowest BCUT2D eigenvalue weighted by molar-refractivity contribution is -0.385. The fourth-order valence-electron chi connectivity index (χ4n) is 2.77. The number of hydrogen-bond donors (Lipinski definition) is 2. The number of esters is 2. The van der Waals surface area contributed by atoms with Crippen molar-refractivity contribution in [1.82, 2.24) is 5.32 Å². The van der Waals surface area contributed by atoms with Gasteiger partial charge in [-0.25, -0.2) is 14.4 Å². The molecule has 0 unspecified atom stereocenters. The lowest BCUT2D eigenvalue weighted by Crippen LogP contribution is -2.29. The predicted molar refractivity (Wildman–Crippen MR) is 98.7 cm³/mol. The molecule has 2 N–H and O–H groups in total. The minimum atomic E-state index is -0.860. The van der Waals surface area contributed by atoms with E-state index in [4.69, 9.17) is 9.47 Å². The number of rotatable bonds is 7. The van der Waals surface area contributed by atoms with Gasteiger partial charge in [-0.05, 0) is 45.2 Å². The van der Waals surface area contributed by atoms with Crippen LogP contribution in [0.5, 0.6) is 0 Å². The Hall–Kier alpha value is -3.43. The molecule has 28 heavy (non-hydrogen) atoms. The topological polar surface area (TPSA) is 137 Å². The van der Waals surface area contributed by atoms with E-state index in [1.165, 1.54) is 12.1 Å². The third-order valence-corrected chi connectivity index (χ3v) is 3.95. The van der Waals surface area contributed by atoms with Crippen LogP contribution in [0, 0.1) is 10.1 Å². The molecule has 0 fully saturated rings. The molecule has 150 valence electrons. The summed E-state index contributed by atoms with van der Waals surface area (Å²) in [5, 5.41) is 16.2. The van der Waals surface area contributed by atoms with Crippen molar-refractivity contribution in [2.24, 2.45) is 0 Å². The average Bonchev–Trinajstić information content (AvgIpc) is 3.09. The Labute approximate surface area is 161 Å². The highest BCUT2D eigenvalue weighted by molar-refractivity contribution is 5.98. The maximum Gasteiger partial charge on any atom is 0.345 e. The summed E-state index contributed by atoms with van der Waals surface area (Å²) in [5.74, 6) is -1.32. The zero-order valence-corrected chi connectivity index (χ0v) is 15.6. The molecule has 10 nitrogen and oxygen atoms in total. The van der Waals surface area contributed by atoms with Crippen LogP contribution in [0.3, 0.4) is 0 Å². The third kappa shape index (κ3) is 5.06. The molecule has 0 saturated carbocycles. The quantitative estimate of drug-likeness (QED) is 0.414. The van der Waals surface area contributed by atoms with Crippen molar-refractivity contribution < 1.29 is 28.8 Å². The number of benzene rings is 1. The van der Waals surface area contributed by atoms with Crippen LogP contribution in [0.4, 0.5) is 16.2 Å². The SMILES string of the molecule is CCOC(=O)C1=C(NC(=O)Nc2ccc([N+](=O)[O-])c(C(=O)OCC)c2)CCC1. The first kappa shape index (κ1) is 20.9. The molecule has 1 aromatic carbocycles. The van der Waals surface area contributed by atoms with Crippen LogP contribution in [0.15, 0.2) is 29.5 Å². The average molecular weight is 391 g/mol. The highest BCUT2D eigenvalue weighted by atomic mass is 16.6. The molecule has 1 aliphatic carbocycles. The van der Waals surface area contributed by atoms with Crippen molar-refractivity contribution in [2.45, 2.75) is 33.1 Å². The van der Waals surface area contributed by atoms with Crippen molar-refractivity contribution in [3.63, 3.8) is 0 Å². The highest BCUT2D eigenvalue weighted by Gasteiger charge is 2.25. The second-order valence-corrected chi connectivity index (χ2v) is 5.82. The van der Waals surface area contributed by atoms with E-state index in [2.05, 4.69) is 10.6 Å². The number of ether oxygens (including phenoxy) is 2. The maximum atomic E-state index is 12.3. The smallest absolute Gasteiger partial charge is 0.345 e. The zero-order valence-electron chi connectivity index (χ0n) is 15.6. The number of amides is 2. The van der Waals surface area contributed by atoms with Gasteiger partial charge in [-0.3, -0.25) is 10.1 Å². The van der Waals surface area contributed by atoms with Crippen molar-refractivity contribution in [3.8, 4) is 0 Å². The van der Waals surface area contributed by atoms with Gasteiger partial charge in [-0.2, -0.15) is 0 Å². The Morgan fingerprint density at radius 2 is 1.75 bits per heavy atom. The van der Waals surface area contributed by atoms with Gasteiger partial charge < -0.3 is 20.1 Å². The van der Waals surface area contributed by atoms with Crippen LogP contribution in [0.25, 0.3) is 0 Å². The largest absolute Gasteiger partial charge is 0.463 e. The van der Waals surface area contributed by atoms with Crippen LogP contribution < -0.4 is 10.6 Å². The monoisotopic (exact) mass is 391 g/mol. The summed E-state index contributed by atoms with van der Waals surface area (Å²) in [4.78, 5) is 46.5. The summed E-state index contributed by atoms with van der Waals surface area (Å²) in [7, 11) is 0. The molecule has 2 amide bonds. The molecule has 0 heterocycles. The third-order valence-electron chi connectivity index (χ3n) is 3.95. The fraction of sp³-hybridized carbons (Fsp3) is 0.389. The van der Waals surface area contributed by atoms with Gasteiger partial charge >= 0.3 is 18.0 Å². The fourth-order valence-corrected chi connectivity index (χ4v) is 2.77. The van der Waals surface area contributed by atoms with E-state index in [-0.39, 0.29) is 24.5 Å². The molecule has 10 heteroatoms. The number of urea groups is 1. The van der Waals surface area contributed by atoms with Crippen LogP contribution in [-0.2, 0) is 14.3 Å². The standard InChI is InChI=1S/C18H21N3O7/c1-3-27-16(22)12-6-5-7-14(12)20-18(24)19-11-8-9-15(21(25)26)13(10-11)17(23)28-4-2/h8-10H,3-7H2,1-2H3,(H2,19,20,24). The van der Waals surface area contributed by atoms with E-state index in [0.29, 0.717) is 30.5 Å². The van der Waals surface area contributed by atoms with Crippen molar-refractivity contribution in [1.29, 1.82) is 0 Å². The minimum Gasteiger partial charge on any atom is -0.463 e. The number of allylic oxidation sites excluding steroid dienone is 1. The van der Waals surface area contributed by atoms with E-state index in [1.54, 1.807) is 13.8 Å². The first-order chi connectivity index (χ1) is 13.4. The summed E-state index contributed by atoms with van der Waals surface area (Å²) in [6, 6.07) is 2.95.